The van der Waals surface area contributed by atoms with Gasteiger partial charge in [-0.3, -0.25) is 9.52 Å². The van der Waals surface area contributed by atoms with Crippen LogP contribution in [0.2, 0.25) is 0 Å². The number of nitrogens with one attached hydrogen (secondary N) is 2. The third-order valence-corrected chi connectivity index (χ3v) is 8.69. The predicted molar refractivity (Wildman–Crippen MR) is 121 cm³/mol. The molecular formula is C23H24N4O4S. The minimum atomic E-state index is -3.51. The first-order valence-electron chi connectivity index (χ1n) is 11.0. The molecule has 0 fully saturated rings. The highest BCUT2D eigenvalue weighted by molar-refractivity contribution is 7.93. The van der Waals surface area contributed by atoms with Crippen LogP contribution in [0.1, 0.15) is 45.5 Å². The van der Waals surface area contributed by atoms with Crippen molar-refractivity contribution in [3.63, 3.8) is 0 Å². The van der Waals surface area contributed by atoms with Gasteiger partial charge >= 0.3 is 6.03 Å². The van der Waals surface area contributed by atoms with E-state index in [0.29, 0.717) is 18.9 Å². The lowest BCUT2D eigenvalue weighted by molar-refractivity contribution is 0.0985. The summed E-state index contributed by atoms with van der Waals surface area (Å²) in [4.78, 5) is 27.7. The highest BCUT2D eigenvalue weighted by atomic mass is 32.2. The van der Waals surface area contributed by atoms with Crippen LogP contribution in [0.3, 0.4) is 0 Å². The molecule has 9 heteroatoms. The zero-order valence-corrected chi connectivity index (χ0v) is 18.6. The number of amides is 3. The fourth-order valence-corrected chi connectivity index (χ4v) is 7.12. The maximum Gasteiger partial charge on any atom is 0.355 e. The van der Waals surface area contributed by atoms with Gasteiger partial charge in [0.05, 0.1) is 17.8 Å². The van der Waals surface area contributed by atoms with Crippen molar-refractivity contribution >= 4 is 33.2 Å². The number of likely N-dealkylation sites (N-methyl/N-ethyl adjacent to an activating group) is 1. The molecule has 0 bridgehead atoms. The number of hydrogen-bond donors (Lipinski definition) is 2. The molecule has 0 spiro atoms. The number of ether oxygens (including phenoxy) is 1. The molecule has 2 aromatic rings. The molecule has 0 radical (unpaired) electrons. The normalized spacial score (nSPS) is 22.4. The van der Waals surface area contributed by atoms with E-state index in [1.807, 2.05) is 11.9 Å². The number of carbonyl (C=O) groups excluding carboxylic acids is 2. The second-order valence-electron chi connectivity index (χ2n) is 8.77. The first-order valence-corrected chi connectivity index (χ1v) is 12.5. The minimum Gasteiger partial charge on any atom is -0.488 e. The second kappa shape index (κ2) is 6.96. The number of anilines is 2. The van der Waals surface area contributed by atoms with Crippen LogP contribution in [0.4, 0.5) is 16.2 Å². The third kappa shape index (κ3) is 2.83. The van der Waals surface area contributed by atoms with Crippen molar-refractivity contribution in [2.24, 2.45) is 4.36 Å². The van der Waals surface area contributed by atoms with Crippen LogP contribution in [0.15, 0.2) is 27.5 Å². The molecule has 2 heterocycles. The van der Waals surface area contributed by atoms with Crippen LogP contribution in [-0.4, -0.2) is 36.3 Å². The van der Waals surface area contributed by atoms with Gasteiger partial charge in [0.25, 0.3) is 5.91 Å². The largest absolute Gasteiger partial charge is 0.488 e. The van der Waals surface area contributed by atoms with Gasteiger partial charge in [-0.15, -0.1) is 4.36 Å². The number of aryl methyl sites for hydroxylation is 2. The molecule has 2 aliphatic carbocycles. The van der Waals surface area contributed by atoms with Gasteiger partial charge in [0.15, 0.2) is 15.7 Å². The summed E-state index contributed by atoms with van der Waals surface area (Å²) < 4.78 is 26.1. The summed E-state index contributed by atoms with van der Waals surface area (Å²) in [5, 5.41) is 2.94. The van der Waals surface area contributed by atoms with E-state index in [2.05, 4.69) is 20.5 Å². The van der Waals surface area contributed by atoms with Gasteiger partial charge in [-0.2, -0.15) is 0 Å². The Kier molecular flexibility index (Phi) is 4.27. The molecule has 32 heavy (non-hydrogen) atoms. The predicted octanol–water partition coefficient (Wildman–Crippen LogP) is 3.21. The molecule has 0 saturated heterocycles. The van der Waals surface area contributed by atoms with E-state index in [9.17, 15) is 13.8 Å². The van der Waals surface area contributed by atoms with Crippen molar-refractivity contribution in [2.45, 2.75) is 43.4 Å². The van der Waals surface area contributed by atoms with Crippen LogP contribution in [0.25, 0.3) is 0 Å². The Bertz CT molecular complexity index is 1290. The van der Waals surface area contributed by atoms with Crippen LogP contribution < -0.4 is 19.7 Å². The molecule has 2 N–H and O–H groups in total. The number of carbonyl (C=O) groups is 2. The number of nitrogens with zero attached hydrogens (tertiary/aromatic N) is 2. The molecule has 4 aliphatic rings. The Hall–Kier alpha value is -3.07. The number of fused-ring (bicyclic) bond motifs is 5. The quantitative estimate of drug-likeness (QED) is 0.692. The fraction of sp³-hybridized carbons (Fsp3) is 0.391. The molecule has 2 aromatic carbocycles. The van der Waals surface area contributed by atoms with Crippen molar-refractivity contribution < 1.29 is 18.5 Å². The Morgan fingerprint density at radius 2 is 1.88 bits per heavy atom. The molecule has 1 unspecified atom stereocenters. The highest BCUT2D eigenvalue weighted by Gasteiger charge is 2.38. The van der Waals surface area contributed by atoms with Crippen molar-refractivity contribution in [3.05, 3.63) is 46.0 Å². The van der Waals surface area contributed by atoms with Crippen molar-refractivity contribution in [1.82, 2.24) is 4.72 Å². The average Bonchev–Trinajstić information content (AvgIpc) is 3.46. The Morgan fingerprint density at radius 3 is 2.59 bits per heavy atom. The van der Waals surface area contributed by atoms with Crippen LogP contribution >= 0.6 is 0 Å². The van der Waals surface area contributed by atoms with Crippen molar-refractivity contribution in [2.75, 3.05) is 30.4 Å². The lowest BCUT2D eigenvalue weighted by Crippen LogP contribution is -2.30. The molecule has 6 rings (SSSR count). The summed E-state index contributed by atoms with van der Waals surface area (Å²) in [5.74, 6) is -0.152. The summed E-state index contributed by atoms with van der Waals surface area (Å²) in [7, 11) is -1.61. The van der Waals surface area contributed by atoms with E-state index in [4.69, 9.17) is 4.74 Å². The zero-order chi connectivity index (χ0) is 22.0. The molecule has 0 aromatic heterocycles. The Morgan fingerprint density at radius 1 is 1.16 bits per heavy atom. The smallest absolute Gasteiger partial charge is 0.355 e. The van der Waals surface area contributed by atoms with Crippen molar-refractivity contribution in [1.29, 1.82) is 0 Å². The maximum absolute atomic E-state index is 13.8. The van der Waals surface area contributed by atoms with Gasteiger partial charge in [0.2, 0.25) is 0 Å². The van der Waals surface area contributed by atoms with Gasteiger partial charge in [-0.1, -0.05) is 6.07 Å². The first kappa shape index (κ1) is 19.6. The van der Waals surface area contributed by atoms with Gasteiger partial charge in [-0.25, -0.2) is 9.00 Å². The summed E-state index contributed by atoms with van der Waals surface area (Å²) in [6, 6.07) is 4.96. The van der Waals surface area contributed by atoms with Gasteiger partial charge in [0.1, 0.15) is 11.5 Å². The SMILES string of the molecule is CN1CCOc2c1ccc1c2S(=O)(=NC(=O)Nc2c3c(cc4c2CCC4)CCC3)NC1=O. The summed E-state index contributed by atoms with van der Waals surface area (Å²) in [6.45, 7) is 1.08. The van der Waals surface area contributed by atoms with Crippen LogP contribution in [0.5, 0.6) is 5.75 Å². The van der Waals surface area contributed by atoms with Gasteiger partial charge in [-0.05, 0) is 72.9 Å². The summed E-state index contributed by atoms with van der Waals surface area (Å²) >= 11 is 0. The maximum atomic E-state index is 13.8. The second-order valence-corrected chi connectivity index (χ2v) is 10.6. The van der Waals surface area contributed by atoms with E-state index < -0.39 is 21.9 Å². The highest BCUT2D eigenvalue weighted by Crippen LogP contribution is 2.43. The van der Waals surface area contributed by atoms with Gasteiger partial charge < -0.3 is 15.0 Å². The van der Waals surface area contributed by atoms with Crippen LogP contribution in [-0.2, 0) is 35.6 Å². The average molecular weight is 453 g/mol. The molecule has 8 nitrogen and oxygen atoms in total. The third-order valence-electron chi connectivity index (χ3n) is 6.84. The van der Waals surface area contributed by atoms with E-state index in [0.717, 1.165) is 49.9 Å². The lowest BCUT2D eigenvalue weighted by atomic mass is 9.99. The monoisotopic (exact) mass is 452 g/mol. The summed E-state index contributed by atoms with van der Waals surface area (Å²) in [5.41, 5.74) is 6.71. The Labute approximate surface area is 186 Å². The van der Waals surface area contributed by atoms with E-state index in [1.165, 1.54) is 22.3 Å². The molecule has 2 aliphatic heterocycles. The zero-order valence-electron chi connectivity index (χ0n) is 17.8. The molecule has 1 atom stereocenters. The molecule has 0 saturated carbocycles. The van der Waals surface area contributed by atoms with Crippen molar-refractivity contribution in [3.8, 4) is 5.75 Å². The number of hydrogen-bond acceptors (Lipinski definition) is 5. The molecular weight excluding hydrogens is 428 g/mol. The molecule has 3 amide bonds. The van der Waals surface area contributed by atoms with Crippen LogP contribution in [0, 0.1) is 0 Å². The lowest BCUT2D eigenvalue weighted by Gasteiger charge is -2.28. The topological polar surface area (TPSA) is 100 Å². The standard InChI is InChI=1S/C23H24N4O4S/c1-27-10-11-31-20-18(27)9-8-17-21(20)32(30,25-22(17)28)26-23(29)24-19-15-6-2-4-13(15)12-14-5-3-7-16(14)19/h8-9,12H,2-7,10-11H2,1H3,(H2,24,25,26,28,29,30). The molecule has 166 valence electrons. The van der Waals surface area contributed by atoms with E-state index in [-0.39, 0.29) is 10.5 Å². The van der Waals surface area contributed by atoms with E-state index in [1.54, 1.807) is 12.1 Å². The first-order chi connectivity index (χ1) is 15.4. The number of urea groups is 1. The van der Waals surface area contributed by atoms with Gasteiger partial charge in [0, 0.05) is 12.7 Å². The minimum absolute atomic E-state index is 0.171. The number of benzene rings is 2. The van der Waals surface area contributed by atoms with E-state index >= 15 is 0 Å². The number of rotatable bonds is 1. The fourth-order valence-electron chi connectivity index (χ4n) is 5.36. The summed E-state index contributed by atoms with van der Waals surface area (Å²) in [6.07, 6.45) is 5.99. The Balaban J connectivity index is 1.43.